The summed E-state index contributed by atoms with van der Waals surface area (Å²) in [5.74, 6) is -1.88. The number of benzene rings is 1. The molecule has 0 unspecified atom stereocenters. The predicted octanol–water partition coefficient (Wildman–Crippen LogP) is 2.70. The van der Waals surface area contributed by atoms with Crippen LogP contribution in [0, 0.1) is 24.2 Å². The number of hydrogen-bond acceptors (Lipinski definition) is 2. The Balaban J connectivity index is 2.14. The molecule has 0 bridgehead atoms. The van der Waals surface area contributed by atoms with Crippen molar-refractivity contribution in [3.63, 3.8) is 0 Å². The highest BCUT2D eigenvalue weighted by Crippen LogP contribution is 2.59. The van der Waals surface area contributed by atoms with E-state index in [1.54, 1.807) is 4.90 Å². The van der Waals surface area contributed by atoms with Gasteiger partial charge >= 0.3 is 5.97 Å². The second-order valence-electron chi connectivity index (χ2n) is 6.39. The molecule has 0 saturated heterocycles. The van der Waals surface area contributed by atoms with E-state index < -0.39 is 23.2 Å². The second kappa shape index (κ2) is 5.51. The van der Waals surface area contributed by atoms with Gasteiger partial charge in [-0.25, -0.2) is 0 Å². The third-order valence-corrected chi connectivity index (χ3v) is 4.68. The molecule has 1 N–H and O–H groups in total. The van der Waals surface area contributed by atoms with Gasteiger partial charge in [-0.2, -0.15) is 0 Å². The van der Waals surface area contributed by atoms with Crippen LogP contribution in [0.2, 0.25) is 0 Å². The molecule has 4 nitrogen and oxygen atoms in total. The van der Waals surface area contributed by atoms with Gasteiger partial charge in [-0.1, -0.05) is 38.1 Å². The van der Waals surface area contributed by atoms with Crippen molar-refractivity contribution in [3.8, 4) is 0 Å². The summed E-state index contributed by atoms with van der Waals surface area (Å²) >= 11 is 0. The Morgan fingerprint density at radius 2 is 1.86 bits per heavy atom. The van der Waals surface area contributed by atoms with Crippen molar-refractivity contribution in [1.29, 1.82) is 0 Å². The second-order valence-corrected chi connectivity index (χ2v) is 6.39. The molecule has 2 rings (SSSR count). The number of aryl methyl sites for hydroxylation is 1. The zero-order valence-corrected chi connectivity index (χ0v) is 13.1. The standard InChI is InChI=1S/C17H23NO3/c1-5-18(10-12-9-7-6-8-11(12)2)15(19)13-14(16(20)21)17(13,3)4/h6-9,13-14H,5,10H2,1-4H3,(H,20,21)/t13-,14+/m1/s1. The van der Waals surface area contributed by atoms with E-state index in [4.69, 9.17) is 0 Å². The molecule has 4 heteroatoms. The highest BCUT2D eigenvalue weighted by atomic mass is 16.4. The predicted molar refractivity (Wildman–Crippen MR) is 80.7 cm³/mol. The Kier molecular flexibility index (Phi) is 4.08. The molecule has 114 valence electrons. The minimum absolute atomic E-state index is 0.0434. The fourth-order valence-corrected chi connectivity index (χ4v) is 3.09. The molecule has 1 aliphatic carbocycles. The van der Waals surface area contributed by atoms with E-state index >= 15 is 0 Å². The molecular formula is C17H23NO3. The molecule has 1 aliphatic rings. The first kappa shape index (κ1) is 15.5. The van der Waals surface area contributed by atoms with Crippen molar-refractivity contribution >= 4 is 11.9 Å². The summed E-state index contributed by atoms with van der Waals surface area (Å²) in [6.07, 6.45) is 0. The van der Waals surface area contributed by atoms with E-state index in [1.807, 2.05) is 52.0 Å². The molecule has 1 fully saturated rings. The number of aliphatic carboxylic acids is 1. The van der Waals surface area contributed by atoms with Crippen LogP contribution in [0.15, 0.2) is 24.3 Å². The fraction of sp³-hybridized carbons (Fsp3) is 0.529. The Morgan fingerprint density at radius 1 is 1.24 bits per heavy atom. The van der Waals surface area contributed by atoms with Crippen LogP contribution in [-0.2, 0) is 16.1 Å². The summed E-state index contributed by atoms with van der Waals surface area (Å²) in [5, 5.41) is 9.23. The maximum atomic E-state index is 12.6. The first-order valence-electron chi connectivity index (χ1n) is 7.36. The van der Waals surface area contributed by atoms with Crippen molar-refractivity contribution in [1.82, 2.24) is 4.90 Å². The molecular weight excluding hydrogens is 266 g/mol. The molecule has 1 saturated carbocycles. The number of hydrogen-bond donors (Lipinski definition) is 1. The minimum atomic E-state index is -0.870. The van der Waals surface area contributed by atoms with Gasteiger partial charge in [0.25, 0.3) is 0 Å². The molecule has 0 spiro atoms. The number of amides is 1. The van der Waals surface area contributed by atoms with Gasteiger partial charge in [0.1, 0.15) is 0 Å². The van der Waals surface area contributed by atoms with Crippen LogP contribution in [-0.4, -0.2) is 28.4 Å². The smallest absolute Gasteiger partial charge is 0.307 e. The van der Waals surface area contributed by atoms with Gasteiger partial charge in [0.05, 0.1) is 11.8 Å². The van der Waals surface area contributed by atoms with E-state index in [0.29, 0.717) is 13.1 Å². The molecule has 0 heterocycles. The number of carboxylic acid groups (broad SMARTS) is 1. The van der Waals surface area contributed by atoms with Crippen molar-refractivity contribution < 1.29 is 14.7 Å². The lowest BCUT2D eigenvalue weighted by atomic mass is 10.1. The first-order valence-corrected chi connectivity index (χ1v) is 7.36. The summed E-state index contributed by atoms with van der Waals surface area (Å²) in [5.41, 5.74) is 1.81. The average Bonchev–Trinajstić information content (AvgIpc) is 3.00. The Bertz CT molecular complexity index is 565. The van der Waals surface area contributed by atoms with Crippen LogP contribution in [0.1, 0.15) is 31.9 Å². The normalized spacial score (nSPS) is 22.7. The topological polar surface area (TPSA) is 57.6 Å². The molecule has 0 aromatic heterocycles. The number of carboxylic acids is 1. The third-order valence-electron chi connectivity index (χ3n) is 4.68. The van der Waals surface area contributed by atoms with E-state index in [0.717, 1.165) is 11.1 Å². The molecule has 1 aromatic rings. The van der Waals surface area contributed by atoms with Gasteiger partial charge in [-0.15, -0.1) is 0 Å². The summed E-state index contributed by atoms with van der Waals surface area (Å²) in [7, 11) is 0. The van der Waals surface area contributed by atoms with Crippen molar-refractivity contribution in [2.24, 2.45) is 17.3 Å². The molecule has 0 radical (unpaired) electrons. The van der Waals surface area contributed by atoms with Gasteiger partial charge < -0.3 is 10.0 Å². The highest BCUT2D eigenvalue weighted by molar-refractivity contribution is 5.91. The van der Waals surface area contributed by atoms with Crippen LogP contribution in [0.3, 0.4) is 0 Å². The van der Waals surface area contributed by atoms with Crippen LogP contribution >= 0.6 is 0 Å². The molecule has 2 atom stereocenters. The van der Waals surface area contributed by atoms with Gasteiger partial charge in [0.2, 0.25) is 5.91 Å². The maximum Gasteiger partial charge on any atom is 0.307 e. The highest BCUT2D eigenvalue weighted by Gasteiger charge is 2.66. The lowest BCUT2D eigenvalue weighted by Gasteiger charge is -2.22. The number of carbonyl (C=O) groups excluding carboxylic acids is 1. The molecule has 1 amide bonds. The van der Waals surface area contributed by atoms with Gasteiger partial charge in [-0.3, -0.25) is 9.59 Å². The fourth-order valence-electron chi connectivity index (χ4n) is 3.09. The van der Waals surface area contributed by atoms with Crippen LogP contribution < -0.4 is 0 Å². The maximum absolute atomic E-state index is 12.6. The number of nitrogens with zero attached hydrogens (tertiary/aromatic N) is 1. The van der Waals surface area contributed by atoms with E-state index in [9.17, 15) is 14.7 Å². The zero-order chi connectivity index (χ0) is 15.8. The van der Waals surface area contributed by atoms with Gasteiger partial charge in [0, 0.05) is 13.1 Å². The lowest BCUT2D eigenvalue weighted by molar-refractivity contribution is -0.142. The quantitative estimate of drug-likeness (QED) is 0.906. The molecule has 21 heavy (non-hydrogen) atoms. The van der Waals surface area contributed by atoms with Crippen LogP contribution in [0.4, 0.5) is 0 Å². The zero-order valence-electron chi connectivity index (χ0n) is 13.1. The van der Waals surface area contributed by atoms with E-state index in [-0.39, 0.29) is 5.91 Å². The Labute approximate surface area is 125 Å². The van der Waals surface area contributed by atoms with Gasteiger partial charge in [0.15, 0.2) is 0 Å². The summed E-state index contributed by atoms with van der Waals surface area (Å²) < 4.78 is 0. The average molecular weight is 289 g/mol. The van der Waals surface area contributed by atoms with Crippen molar-refractivity contribution in [2.75, 3.05) is 6.54 Å². The van der Waals surface area contributed by atoms with Gasteiger partial charge in [-0.05, 0) is 30.4 Å². The SMILES string of the molecule is CCN(Cc1ccccc1C)C(=O)[C@H]1[C@@H](C(=O)O)C1(C)C. The summed E-state index contributed by atoms with van der Waals surface area (Å²) in [4.78, 5) is 25.7. The van der Waals surface area contributed by atoms with E-state index in [1.165, 1.54) is 0 Å². The first-order chi connectivity index (χ1) is 9.80. The monoisotopic (exact) mass is 289 g/mol. The third kappa shape index (κ3) is 2.80. The van der Waals surface area contributed by atoms with Crippen LogP contribution in [0.5, 0.6) is 0 Å². The Morgan fingerprint density at radius 3 is 2.33 bits per heavy atom. The van der Waals surface area contributed by atoms with E-state index in [2.05, 4.69) is 0 Å². The molecule has 1 aromatic carbocycles. The summed E-state index contributed by atoms with van der Waals surface area (Å²) in [6, 6.07) is 7.97. The largest absolute Gasteiger partial charge is 0.481 e. The number of carbonyl (C=O) groups is 2. The van der Waals surface area contributed by atoms with Crippen molar-refractivity contribution in [3.05, 3.63) is 35.4 Å². The lowest BCUT2D eigenvalue weighted by Crippen LogP contribution is -2.33. The summed E-state index contributed by atoms with van der Waals surface area (Å²) in [6.45, 7) is 8.80. The molecule has 0 aliphatic heterocycles. The van der Waals surface area contributed by atoms with Crippen LogP contribution in [0.25, 0.3) is 0 Å². The van der Waals surface area contributed by atoms with Crippen molar-refractivity contribution in [2.45, 2.75) is 34.2 Å². The Hall–Kier alpha value is -1.84. The minimum Gasteiger partial charge on any atom is -0.481 e. The number of rotatable bonds is 5.